The number of sulfone groups is 1. The summed E-state index contributed by atoms with van der Waals surface area (Å²) >= 11 is 0. The average Bonchev–Trinajstić information content (AvgIpc) is 2.74. The van der Waals surface area contributed by atoms with Gasteiger partial charge in [-0.2, -0.15) is 0 Å². The molecule has 1 aliphatic rings. The lowest BCUT2D eigenvalue weighted by molar-refractivity contribution is 0.560. The van der Waals surface area contributed by atoms with E-state index in [-0.39, 0.29) is 5.75 Å². The standard InChI is InChI=1S/C15H23NO2S/c1-15(2,3)19(17,18)10-9-16-14-8-7-12-5-4-6-13(12)11-14/h7-8,11,16H,4-6,9-10H2,1-3H3. The lowest BCUT2D eigenvalue weighted by atomic mass is 10.1. The Kier molecular flexibility index (Phi) is 3.90. The predicted molar refractivity (Wildman–Crippen MR) is 80.5 cm³/mol. The van der Waals surface area contributed by atoms with E-state index in [4.69, 9.17) is 0 Å². The number of hydrogen-bond acceptors (Lipinski definition) is 3. The van der Waals surface area contributed by atoms with E-state index in [1.807, 2.05) is 6.07 Å². The minimum Gasteiger partial charge on any atom is -0.384 e. The van der Waals surface area contributed by atoms with Gasteiger partial charge in [-0.25, -0.2) is 8.42 Å². The zero-order valence-corrected chi connectivity index (χ0v) is 12.8. The molecule has 0 saturated heterocycles. The second-order valence-electron chi connectivity index (χ2n) is 6.20. The summed E-state index contributed by atoms with van der Waals surface area (Å²) < 4.78 is 23.3. The summed E-state index contributed by atoms with van der Waals surface area (Å²) in [6.45, 7) is 5.71. The fraction of sp³-hybridized carbons (Fsp3) is 0.600. The summed E-state index contributed by atoms with van der Waals surface area (Å²) in [5.74, 6) is 0.174. The van der Waals surface area contributed by atoms with Crippen LogP contribution in [0.25, 0.3) is 0 Å². The number of benzene rings is 1. The maximum atomic E-state index is 12.0. The monoisotopic (exact) mass is 281 g/mol. The van der Waals surface area contributed by atoms with Gasteiger partial charge < -0.3 is 5.32 Å². The number of nitrogens with one attached hydrogen (secondary N) is 1. The summed E-state index contributed by atoms with van der Waals surface area (Å²) in [7, 11) is -3.04. The lowest BCUT2D eigenvalue weighted by Gasteiger charge is -2.19. The van der Waals surface area contributed by atoms with Gasteiger partial charge in [-0.3, -0.25) is 0 Å². The van der Waals surface area contributed by atoms with Crippen LogP contribution in [-0.2, 0) is 22.7 Å². The molecule has 0 heterocycles. The van der Waals surface area contributed by atoms with Gasteiger partial charge in [-0.1, -0.05) is 6.07 Å². The molecule has 0 bridgehead atoms. The van der Waals surface area contributed by atoms with E-state index >= 15 is 0 Å². The topological polar surface area (TPSA) is 46.2 Å². The molecule has 3 nitrogen and oxygen atoms in total. The summed E-state index contributed by atoms with van der Waals surface area (Å²) in [4.78, 5) is 0. The van der Waals surface area contributed by atoms with Crippen LogP contribution >= 0.6 is 0 Å². The van der Waals surface area contributed by atoms with E-state index in [1.165, 1.54) is 24.0 Å². The predicted octanol–water partition coefficient (Wildman–Crippen LogP) is 2.80. The molecule has 1 aliphatic carbocycles. The molecule has 1 N–H and O–H groups in total. The third-order valence-corrected chi connectivity index (χ3v) is 6.34. The van der Waals surface area contributed by atoms with Crippen molar-refractivity contribution in [2.75, 3.05) is 17.6 Å². The van der Waals surface area contributed by atoms with E-state index in [1.54, 1.807) is 20.8 Å². The van der Waals surface area contributed by atoms with Gasteiger partial charge in [-0.05, 0) is 63.3 Å². The Morgan fingerprint density at radius 1 is 1.16 bits per heavy atom. The van der Waals surface area contributed by atoms with Crippen molar-refractivity contribution in [3.63, 3.8) is 0 Å². The second kappa shape index (κ2) is 5.16. The van der Waals surface area contributed by atoms with Gasteiger partial charge in [0.1, 0.15) is 0 Å². The summed E-state index contributed by atoms with van der Waals surface area (Å²) in [5.41, 5.74) is 3.88. The molecule has 0 amide bonds. The largest absolute Gasteiger partial charge is 0.384 e. The number of rotatable bonds is 4. The Morgan fingerprint density at radius 2 is 1.84 bits per heavy atom. The van der Waals surface area contributed by atoms with E-state index in [0.29, 0.717) is 6.54 Å². The molecule has 0 unspecified atom stereocenters. The Bertz CT molecular complexity index is 556. The Morgan fingerprint density at radius 3 is 2.53 bits per heavy atom. The highest BCUT2D eigenvalue weighted by Crippen LogP contribution is 2.25. The molecule has 0 atom stereocenters. The first-order chi connectivity index (χ1) is 8.79. The molecule has 4 heteroatoms. The van der Waals surface area contributed by atoms with E-state index in [0.717, 1.165) is 12.1 Å². The number of anilines is 1. The van der Waals surface area contributed by atoms with Crippen molar-refractivity contribution in [2.24, 2.45) is 0 Å². The molecular formula is C15H23NO2S. The molecule has 106 valence electrons. The molecule has 0 radical (unpaired) electrons. The highest BCUT2D eigenvalue weighted by molar-refractivity contribution is 7.92. The smallest absolute Gasteiger partial charge is 0.156 e. The molecule has 2 rings (SSSR count). The fourth-order valence-electron chi connectivity index (χ4n) is 2.32. The molecule has 0 spiro atoms. The highest BCUT2D eigenvalue weighted by atomic mass is 32.2. The van der Waals surface area contributed by atoms with Crippen LogP contribution < -0.4 is 5.32 Å². The Labute approximate surface area is 116 Å². The number of hydrogen-bond donors (Lipinski definition) is 1. The maximum Gasteiger partial charge on any atom is 0.156 e. The molecule has 0 aromatic heterocycles. The molecule has 19 heavy (non-hydrogen) atoms. The lowest BCUT2D eigenvalue weighted by Crippen LogP contribution is -2.32. The van der Waals surface area contributed by atoms with Crippen molar-refractivity contribution in [3.05, 3.63) is 29.3 Å². The summed E-state index contributed by atoms with van der Waals surface area (Å²) in [6, 6.07) is 6.36. The molecule has 0 saturated carbocycles. The molecule has 0 aliphatic heterocycles. The van der Waals surface area contributed by atoms with Crippen LogP contribution in [0.1, 0.15) is 38.3 Å². The zero-order chi connectivity index (χ0) is 14.1. The third kappa shape index (κ3) is 3.30. The van der Waals surface area contributed by atoms with Gasteiger partial charge >= 0.3 is 0 Å². The minimum atomic E-state index is -3.04. The van der Waals surface area contributed by atoms with Crippen LogP contribution in [0.2, 0.25) is 0 Å². The van der Waals surface area contributed by atoms with Crippen molar-refractivity contribution in [2.45, 2.75) is 44.8 Å². The van der Waals surface area contributed by atoms with E-state index in [2.05, 4.69) is 17.4 Å². The fourth-order valence-corrected chi connectivity index (χ4v) is 3.30. The first-order valence-corrected chi connectivity index (χ1v) is 8.53. The van der Waals surface area contributed by atoms with Crippen molar-refractivity contribution in [1.29, 1.82) is 0 Å². The number of fused-ring (bicyclic) bond motifs is 1. The van der Waals surface area contributed by atoms with E-state index < -0.39 is 14.6 Å². The highest BCUT2D eigenvalue weighted by Gasteiger charge is 2.28. The SMILES string of the molecule is CC(C)(C)S(=O)(=O)CCNc1ccc2c(c1)CCC2. The van der Waals surface area contributed by atoms with Crippen molar-refractivity contribution in [3.8, 4) is 0 Å². The van der Waals surface area contributed by atoms with Gasteiger partial charge in [0.15, 0.2) is 9.84 Å². The summed E-state index contributed by atoms with van der Waals surface area (Å²) in [5, 5.41) is 3.22. The number of aryl methyl sites for hydroxylation is 2. The van der Waals surface area contributed by atoms with Gasteiger partial charge in [-0.15, -0.1) is 0 Å². The van der Waals surface area contributed by atoms with Crippen molar-refractivity contribution in [1.82, 2.24) is 0 Å². The molecular weight excluding hydrogens is 258 g/mol. The first-order valence-electron chi connectivity index (χ1n) is 6.87. The molecule has 1 aromatic rings. The molecule has 1 aromatic carbocycles. The van der Waals surface area contributed by atoms with E-state index in [9.17, 15) is 8.42 Å². The van der Waals surface area contributed by atoms with Crippen LogP contribution in [0, 0.1) is 0 Å². The molecule has 0 fully saturated rings. The van der Waals surface area contributed by atoms with Crippen molar-refractivity contribution < 1.29 is 8.42 Å². The van der Waals surface area contributed by atoms with Gasteiger partial charge in [0.05, 0.1) is 10.5 Å². The van der Waals surface area contributed by atoms with Gasteiger partial charge in [0.25, 0.3) is 0 Å². The van der Waals surface area contributed by atoms with Crippen LogP contribution in [-0.4, -0.2) is 25.5 Å². The summed E-state index contributed by atoms with van der Waals surface area (Å²) in [6.07, 6.45) is 3.55. The van der Waals surface area contributed by atoms with Crippen molar-refractivity contribution >= 4 is 15.5 Å². The normalized spacial score (nSPS) is 15.3. The Hall–Kier alpha value is -1.03. The third-order valence-electron chi connectivity index (χ3n) is 3.73. The van der Waals surface area contributed by atoms with Gasteiger partial charge in [0, 0.05) is 12.2 Å². The quantitative estimate of drug-likeness (QED) is 0.923. The van der Waals surface area contributed by atoms with Crippen LogP contribution in [0.4, 0.5) is 5.69 Å². The maximum absolute atomic E-state index is 12.0. The van der Waals surface area contributed by atoms with Crippen LogP contribution in [0.5, 0.6) is 0 Å². The first kappa shape index (κ1) is 14.4. The second-order valence-corrected chi connectivity index (χ2v) is 9.06. The average molecular weight is 281 g/mol. The zero-order valence-electron chi connectivity index (χ0n) is 12.0. The van der Waals surface area contributed by atoms with Crippen LogP contribution in [0.3, 0.4) is 0 Å². The Balaban J connectivity index is 1.94. The van der Waals surface area contributed by atoms with Crippen LogP contribution in [0.15, 0.2) is 18.2 Å². The van der Waals surface area contributed by atoms with Gasteiger partial charge in [0.2, 0.25) is 0 Å². The minimum absolute atomic E-state index is 0.174.